The Morgan fingerprint density at radius 3 is 2.50 bits per heavy atom. The van der Waals surface area contributed by atoms with Crippen molar-refractivity contribution in [1.29, 1.82) is 0 Å². The first-order valence-electron chi connectivity index (χ1n) is 5.97. The summed E-state index contributed by atoms with van der Waals surface area (Å²) in [5.74, 6) is -0.461. The molecule has 0 saturated heterocycles. The predicted octanol–water partition coefficient (Wildman–Crippen LogP) is 2.32. The Hall–Kier alpha value is -1.55. The molecule has 1 atom stereocenters. The van der Waals surface area contributed by atoms with Crippen molar-refractivity contribution < 1.29 is 14.6 Å². The van der Waals surface area contributed by atoms with Crippen LogP contribution in [0.4, 0.5) is 0 Å². The number of carbonyl (C=O) groups excluding carboxylic acids is 1. The number of para-hydroxylation sites is 1. The lowest BCUT2D eigenvalue weighted by Gasteiger charge is -2.27. The van der Waals surface area contributed by atoms with E-state index in [2.05, 4.69) is 0 Å². The first-order valence-corrected chi connectivity index (χ1v) is 5.97. The van der Waals surface area contributed by atoms with Gasteiger partial charge in [-0.15, -0.1) is 0 Å². The Kier molecular flexibility index (Phi) is 4.73. The molecule has 1 rings (SSSR count). The van der Waals surface area contributed by atoms with Gasteiger partial charge >= 0.3 is 0 Å². The molecule has 0 aliphatic rings. The lowest BCUT2D eigenvalue weighted by Crippen LogP contribution is -2.31. The van der Waals surface area contributed by atoms with Crippen molar-refractivity contribution in [3.8, 4) is 5.75 Å². The van der Waals surface area contributed by atoms with E-state index < -0.39 is 5.91 Å². The molecule has 0 aromatic heterocycles. The Labute approximate surface area is 108 Å². The second-order valence-electron chi connectivity index (χ2n) is 5.31. The van der Waals surface area contributed by atoms with Crippen LogP contribution in [0.25, 0.3) is 0 Å². The number of phenols is 1. The molecule has 99 valence electrons. The summed E-state index contributed by atoms with van der Waals surface area (Å²) in [5, 5.41) is 9.70. The molecule has 0 aliphatic heterocycles. The smallest absolute Gasteiger partial charge is 0.241 e. The van der Waals surface area contributed by atoms with Crippen LogP contribution in [-0.2, 0) is 16.0 Å². The van der Waals surface area contributed by atoms with Gasteiger partial charge in [-0.2, -0.15) is 0 Å². The third-order valence-corrected chi connectivity index (χ3v) is 2.37. The normalized spacial score (nSPS) is 13.3. The third kappa shape index (κ3) is 5.19. The second-order valence-corrected chi connectivity index (χ2v) is 5.31. The standard InChI is InChI=1S/C14H20NO3/c1-14(2,3)18-11(9-13(15)17)8-10-6-4-5-7-12(10)16/h4-7,11,15-16H,8-9H2,1-3H3. The number of amides is 1. The van der Waals surface area contributed by atoms with Gasteiger partial charge in [0.1, 0.15) is 5.75 Å². The van der Waals surface area contributed by atoms with Gasteiger partial charge in [-0.3, -0.25) is 10.5 Å². The SMILES string of the molecule is CC(C)(C)OC(CC([NH])=O)Cc1ccccc1O. The average Bonchev–Trinajstić information content (AvgIpc) is 2.17. The molecule has 2 N–H and O–H groups in total. The molecule has 18 heavy (non-hydrogen) atoms. The molecule has 0 spiro atoms. The fourth-order valence-electron chi connectivity index (χ4n) is 1.79. The van der Waals surface area contributed by atoms with Crippen LogP contribution in [0.2, 0.25) is 0 Å². The average molecular weight is 250 g/mol. The van der Waals surface area contributed by atoms with Crippen LogP contribution < -0.4 is 5.73 Å². The van der Waals surface area contributed by atoms with Crippen molar-refractivity contribution in [3.63, 3.8) is 0 Å². The van der Waals surface area contributed by atoms with Crippen LogP contribution in [0.1, 0.15) is 32.8 Å². The first-order chi connectivity index (χ1) is 8.28. The highest BCUT2D eigenvalue weighted by Gasteiger charge is 2.22. The molecule has 0 aliphatic carbocycles. The number of rotatable bonds is 5. The van der Waals surface area contributed by atoms with Crippen LogP contribution in [-0.4, -0.2) is 22.7 Å². The summed E-state index contributed by atoms with van der Waals surface area (Å²) in [7, 11) is 0. The highest BCUT2D eigenvalue weighted by Crippen LogP contribution is 2.22. The quantitative estimate of drug-likeness (QED) is 0.871. The second kappa shape index (κ2) is 5.87. The summed E-state index contributed by atoms with van der Waals surface area (Å²) in [6, 6.07) is 6.97. The summed E-state index contributed by atoms with van der Waals surface area (Å²) < 4.78 is 5.76. The molecule has 4 heteroatoms. The van der Waals surface area contributed by atoms with Crippen molar-refractivity contribution in [2.45, 2.75) is 45.3 Å². The summed E-state index contributed by atoms with van der Waals surface area (Å²) in [4.78, 5) is 10.9. The van der Waals surface area contributed by atoms with Crippen LogP contribution in [0, 0.1) is 0 Å². The molecule has 0 heterocycles. The molecule has 0 bridgehead atoms. The number of carbonyl (C=O) groups is 1. The van der Waals surface area contributed by atoms with E-state index in [0.717, 1.165) is 5.56 Å². The van der Waals surface area contributed by atoms with Gasteiger partial charge in [0.05, 0.1) is 18.1 Å². The molecular formula is C14H20NO3. The van der Waals surface area contributed by atoms with Crippen molar-refractivity contribution >= 4 is 5.91 Å². The van der Waals surface area contributed by atoms with Gasteiger partial charge in [-0.25, -0.2) is 0 Å². The number of ether oxygens (including phenoxy) is 1. The van der Waals surface area contributed by atoms with E-state index in [4.69, 9.17) is 10.5 Å². The number of hydrogen-bond donors (Lipinski definition) is 1. The molecule has 1 radical (unpaired) electrons. The maximum atomic E-state index is 10.9. The fraction of sp³-hybridized carbons (Fsp3) is 0.500. The number of hydrogen-bond acceptors (Lipinski definition) is 3. The fourth-order valence-corrected chi connectivity index (χ4v) is 1.79. The van der Waals surface area contributed by atoms with Crippen LogP contribution in [0.5, 0.6) is 5.75 Å². The van der Waals surface area contributed by atoms with Crippen LogP contribution in [0.15, 0.2) is 24.3 Å². The number of benzene rings is 1. The molecule has 1 amide bonds. The van der Waals surface area contributed by atoms with Gasteiger partial charge in [0.2, 0.25) is 5.91 Å². The van der Waals surface area contributed by atoms with Crippen molar-refractivity contribution in [2.24, 2.45) is 0 Å². The van der Waals surface area contributed by atoms with Gasteiger partial charge < -0.3 is 9.84 Å². The number of phenolic OH excluding ortho intramolecular Hbond substituents is 1. The van der Waals surface area contributed by atoms with E-state index in [1.54, 1.807) is 18.2 Å². The van der Waals surface area contributed by atoms with Crippen LogP contribution >= 0.6 is 0 Å². The predicted molar refractivity (Wildman–Crippen MR) is 69.2 cm³/mol. The molecule has 1 aromatic carbocycles. The van der Waals surface area contributed by atoms with Gasteiger partial charge in [0.25, 0.3) is 0 Å². The van der Waals surface area contributed by atoms with E-state index in [0.29, 0.717) is 6.42 Å². The van der Waals surface area contributed by atoms with Crippen molar-refractivity contribution in [1.82, 2.24) is 5.73 Å². The maximum Gasteiger partial charge on any atom is 0.241 e. The molecule has 0 fully saturated rings. The van der Waals surface area contributed by atoms with E-state index in [-0.39, 0.29) is 23.9 Å². The summed E-state index contributed by atoms with van der Waals surface area (Å²) in [5.41, 5.74) is 7.40. The number of nitrogens with one attached hydrogen (secondary N) is 1. The zero-order chi connectivity index (χ0) is 13.8. The minimum atomic E-state index is -0.653. The van der Waals surface area contributed by atoms with Gasteiger partial charge in [0, 0.05) is 6.42 Å². The largest absolute Gasteiger partial charge is 0.508 e. The minimum Gasteiger partial charge on any atom is -0.508 e. The topological polar surface area (TPSA) is 70.3 Å². The first kappa shape index (κ1) is 14.5. The lowest BCUT2D eigenvalue weighted by atomic mass is 10.0. The third-order valence-electron chi connectivity index (χ3n) is 2.37. The highest BCUT2D eigenvalue weighted by molar-refractivity contribution is 5.73. The summed E-state index contributed by atoms with van der Waals surface area (Å²) in [6.45, 7) is 5.71. The minimum absolute atomic E-state index is 0.0333. The van der Waals surface area contributed by atoms with E-state index in [9.17, 15) is 9.90 Å². The van der Waals surface area contributed by atoms with Gasteiger partial charge in [-0.1, -0.05) is 18.2 Å². The zero-order valence-corrected chi connectivity index (χ0v) is 11.1. The van der Waals surface area contributed by atoms with E-state index in [1.165, 1.54) is 0 Å². The van der Waals surface area contributed by atoms with Crippen LogP contribution in [0.3, 0.4) is 0 Å². The Morgan fingerprint density at radius 1 is 1.39 bits per heavy atom. The van der Waals surface area contributed by atoms with Crippen molar-refractivity contribution in [3.05, 3.63) is 29.8 Å². The molecule has 0 saturated carbocycles. The molecule has 1 aromatic rings. The Bertz CT molecular complexity index is 410. The van der Waals surface area contributed by atoms with E-state index >= 15 is 0 Å². The molecular weight excluding hydrogens is 230 g/mol. The van der Waals surface area contributed by atoms with Crippen molar-refractivity contribution in [2.75, 3.05) is 0 Å². The highest BCUT2D eigenvalue weighted by atomic mass is 16.5. The monoisotopic (exact) mass is 250 g/mol. The van der Waals surface area contributed by atoms with Gasteiger partial charge in [0.15, 0.2) is 0 Å². The molecule has 4 nitrogen and oxygen atoms in total. The Balaban J connectivity index is 2.78. The number of aromatic hydroxyl groups is 1. The molecule has 1 unspecified atom stereocenters. The van der Waals surface area contributed by atoms with Gasteiger partial charge in [-0.05, 0) is 32.4 Å². The Morgan fingerprint density at radius 2 is 2.00 bits per heavy atom. The summed E-state index contributed by atoms with van der Waals surface area (Å²) in [6.07, 6.45) is 0.0727. The van der Waals surface area contributed by atoms with E-state index in [1.807, 2.05) is 26.8 Å². The maximum absolute atomic E-state index is 10.9. The summed E-state index contributed by atoms with van der Waals surface area (Å²) >= 11 is 0. The zero-order valence-electron chi connectivity index (χ0n) is 11.1. The lowest BCUT2D eigenvalue weighted by molar-refractivity contribution is -0.125.